The fraction of sp³-hybridized carbons (Fsp3) is 0.400. The summed E-state index contributed by atoms with van der Waals surface area (Å²) in [6.45, 7) is 0.835. The molecule has 0 aromatic rings. The van der Waals surface area contributed by atoms with E-state index in [0.29, 0.717) is 6.08 Å². The van der Waals surface area contributed by atoms with Gasteiger partial charge < -0.3 is 0 Å². The first-order valence-corrected chi connectivity index (χ1v) is 4.13. The lowest BCUT2D eigenvalue weighted by atomic mass is 10.3. The highest BCUT2D eigenvalue weighted by Crippen LogP contribution is 2.15. The summed E-state index contributed by atoms with van der Waals surface area (Å²) in [7, 11) is 0. The second-order valence-electron chi connectivity index (χ2n) is 2.88. The lowest BCUT2D eigenvalue weighted by molar-refractivity contribution is -0.972. The zero-order valence-corrected chi connectivity index (χ0v) is 8.90. The van der Waals surface area contributed by atoms with Crippen LogP contribution in [0.1, 0.15) is 0 Å². The molecule has 0 aliphatic heterocycles. The highest BCUT2D eigenvalue weighted by Gasteiger charge is 2.73. The average molecular weight is 279 g/mol. The molecule has 0 aromatic carbocycles. The molecule has 1 amide bonds. The van der Waals surface area contributed by atoms with Crippen LogP contribution in [0.3, 0.4) is 0 Å². The SMILES string of the molecule is C=CC(=O)N(CC([N+](=O)[O-])([N+](=O)[O-])[N+](=O)[O-])[N+](=O)[O-]. The Hall–Kier alpha value is -3.19. The van der Waals surface area contributed by atoms with Gasteiger partial charge >= 0.3 is 18.2 Å². The van der Waals surface area contributed by atoms with Crippen molar-refractivity contribution in [2.24, 2.45) is 0 Å². The molecule has 0 rings (SSSR count). The molecule has 0 bridgehead atoms. The maximum absolute atomic E-state index is 11.0. The summed E-state index contributed by atoms with van der Waals surface area (Å²) in [5.74, 6) is -5.70. The molecule has 0 saturated heterocycles. The summed E-state index contributed by atoms with van der Waals surface area (Å²) in [4.78, 5) is 47.2. The number of carbonyl (C=O) groups is 1. The summed E-state index contributed by atoms with van der Waals surface area (Å²) in [5, 5.41) is 39.8. The third-order valence-electron chi connectivity index (χ3n) is 1.87. The summed E-state index contributed by atoms with van der Waals surface area (Å²) in [6.07, 6.45) is 0.327. The van der Waals surface area contributed by atoms with Crippen molar-refractivity contribution in [3.8, 4) is 0 Å². The maximum Gasteiger partial charge on any atom is 0.724 e. The first kappa shape index (κ1) is 15.8. The molecule has 0 spiro atoms. The van der Waals surface area contributed by atoms with Gasteiger partial charge in [0, 0.05) is 6.08 Å². The first-order chi connectivity index (χ1) is 8.61. The van der Waals surface area contributed by atoms with Gasteiger partial charge in [-0.15, -0.1) is 0 Å². The van der Waals surface area contributed by atoms with E-state index in [-0.39, 0.29) is 0 Å². The van der Waals surface area contributed by atoms with Gasteiger partial charge in [-0.2, -0.15) is 0 Å². The number of nitrogens with zero attached hydrogens (tertiary/aromatic N) is 5. The molecule has 0 aliphatic carbocycles. The predicted molar refractivity (Wildman–Crippen MR) is 52.6 cm³/mol. The Balaban J connectivity index is 5.79. The van der Waals surface area contributed by atoms with E-state index in [1.165, 1.54) is 0 Å². The molecule has 0 aromatic heterocycles. The van der Waals surface area contributed by atoms with Crippen LogP contribution in [-0.4, -0.2) is 43.0 Å². The van der Waals surface area contributed by atoms with Crippen LogP contribution in [0.4, 0.5) is 0 Å². The van der Waals surface area contributed by atoms with Gasteiger partial charge in [0.1, 0.15) is 0 Å². The Bertz CT molecular complexity index is 436. The average Bonchev–Trinajstić information content (AvgIpc) is 2.27. The Kier molecular flexibility index (Phi) is 4.52. The number of amides is 1. The van der Waals surface area contributed by atoms with Crippen molar-refractivity contribution < 1.29 is 24.6 Å². The molecule has 104 valence electrons. The van der Waals surface area contributed by atoms with Crippen molar-refractivity contribution in [1.82, 2.24) is 5.01 Å². The molecule has 14 heteroatoms. The molecular weight excluding hydrogens is 274 g/mol. The standard InChI is InChI=1S/C5H5N5O9/c1-2-4(11)6(10(18)19)3-5(7(12)13,8(14)15)9(16)17/h2H,1,3H2. The molecular formula is C5H5N5O9. The van der Waals surface area contributed by atoms with Crippen molar-refractivity contribution in [3.63, 3.8) is 0 Å². The fourth-order valence-corrected chi connectivity index (χ4v) is 0.896. The second-order valence-corrected chi connectivity index (χ2v) is 2.88. The molecule has 0 atom stereocenters. The van der Waals surface area contributed by atoms with Crippen molar-refractivity contribution >= 4 is 5.91 Å². The van der Waals surface area contributed by atoms with E-state index >= 15 is 0 Å². The van der Waals surface area contributed by atoms with Gasteiger partial charge in [-0.25, -0.2) is 10.1 Å². The molecule has 0 heterocycles. The van der Waals surface area contributed by atoms with Gasteiger partial charge in [0.15, 0.2) is 19.8 Å². The fourth-order valence-electron chi connectivity index (χ4n) is 0.896. The van der Waals surface area contributed by atoms with Gasteiger partial charge in [0.05, 0.1) is 0 Å². The van der Waals surface area contributed by atoms with Crippen LogP contribution in [0.5, 0.6) is 0 Å². The summed E-state index contributed by atoms with van der Waals surface area (Å²) >= 11 is 0. The van der Waals surface area contributed by atoms with Crippen LogP contribution < -0.4 is 0 Å². The molecule has 19 heavy (non-hydrogen) atoms. The molecule has 0 unspecified atom stereocenters. The third-order valence-corrected chi connectivity index (χ3v) is 1.87. The summed E-state index contributed by atoms with van der Waals surface area (Å²) in [6, 6.07) is 0. The molecule has 0 aliphatic rings. The smallest absolute Gasteiger partial charge is 0.264 e. The topological polar surface area (TPSA) is 193 Å². The quantitative estimate of drug-likeness (QED) is 0.235. The number of hydrazine groups is 1. The Morgan fingerprint density at radius 3 is 1.63 bits per heavy atom. The summed E-state index contributed by atoms with van der Waals surface area (Å²) in [5.41, 5.74) is 0. The van der Waals surface area contributed by atoms with Crippen molar-refractivity contribution in [2.45, 2.75) is 5.79 Å². The number of hydrogen-bond donors (Lipinski definition) is 0. The largest absolute Gasteiger partial charge is 0.724 e. The lowest BCUT2D eigenvalue weighted by Gasteiger charge is -2.12. The van der Waals surface area contributed by atoms with Gasteiger partial charge in [0.2, 0.25) is 0 Å². The number of carbonyl (C=O) groups excluding carboxylic acids is 1. The van der Waals surface area contributed by atoms with Crippen molar-refractivity contribution in [1.29, 1.82) is 0 Å². The van der Waals surface area contributed by atoms with E-state index in [4.69, 9.17) is 0 Å². The minimum absolute atomic E-state index is 0.327. The van der Waals surface area contributed by atoms with E-state index in [1.807, 2.05) is 0 Å². The van der Waals surface area contributed by atoms with Gasteiger partial charge in [-0.1, -0.05) is 6.58 Å². The maximum atomic E-state index is 11.0. The van der Waals surface area contributed by atoms with Crippen LogP contribution in [0.25, 0.3) is 0 Å². The van der Waals surface area contributed by atoms with E-state index in [9.17, 15) is 45.3 Å². The minimum atomic E-state index is -4.13. The van der Waals surface area contributed by atoms with Crippen LogP contribution in [0.15, 0.2) is 12.7 Å². The normalized spacial score (nSPS) is 10.3. The lowest BCUT2D eigenvalue weighted by Crippen LogP contribution is -2.61. The molecule has 0 radical (unpaired) electrons. The molecule has 14 nitrogen and oxygen atoms in total. The van der Waals surface area contributed by atoms with Gasteiger partial charge in [-0.05, 0) is 5.01 Å². The Labute approximate surface area is 102 Å². The number of rotatable bonds is 7. The van der Waals surface area contributed by atoms with Gasteiger partial charge in [0.25, 0.3) is 0 Å². The zero-order chi connectivity index (χ0) is 15.4. The Morgan fingerprint density at radius 2 is 1.42 bits per heavy atom. The van der Waals surface area contributed by atoms with E-state index < -0.39 is 43.0 Å². The number of nitro groups is 4. The van der Waals surface area contributed by atoms with E-state index in [2.05, 4.69) is 6.58 Å². The predicted octanol–water partition coefficient (Wildman–Crippen LogP) is -1.32. The third kappa shape index (κ3) is 2.73. The number of hydrogen-bond acceptors (Lipinski definition) is 9. The van der Waals surface area contributed by atoms with E-state index in [0.717, 1.165) is 0 Å². The van der Waals surface area contributed by atoms with Crippen molar-refractivity contribution in [3.05, 3.63) is 53.1 Å². The van der Waals surface area contributed by atoms with Crippen LogP contribution in [-0.2, 0) is 4.79 Å². The first-order valence-electron chi connectivity index (χ1n) is 4.13. The second kappa shape index (κ2) is 5.43. The highest BCUT2D eigenvalue weighted by molar-refractivity contribution is 5.85. The molecule has 0 fully saturated rings. The van der Waals surface area contributed by atoms with Crippen LogP contribution in [0, 0.1) is 40.5 Å². The highest BCUT2D eigenvalue weighted by atomic mass is 16.7. The Morgan fingerprint density at radius 1 is 1.05 bits per heavy atom. The van der Waals surface area contributed by atoms with E-state index in [1.54, 1.807) is 0 Å². The summed E-state index contributed by atoms with van der Waals surface area (Å²) < 4.78 is 0. The van der Waals surface area contributed by atoms with Crippen molar-refractivity contribution in [2.75, 3.05) is 6.54 Å². The zero-order valence-electron chi connectivity index (χ0n) is 8.90. The molecule has 0 N–H and O–H groups in total. The minimum Gasteiger partial charge on any atom is -0.264 e. The van der Waals surface area contributed by atoms with Gasteiger partial charge in [-0.3, -0.25) is 35.1 Å². The van der Waals surface area contributed by atoms with Crippen LogP contribution >= 0.6 is 0 Å². The monoisotopic (exact) mass is 279 g/mol. The van der Waals surface area contributed by atoms with Crippen LogP contribution in [0.2, 0.25) is 0 Å². The molecule has 0 saturated carbocycles.